The number of hydrogen-bond donors (Lipinski definition) is 1. The molecule has 0 amide bonds. The molecule has 0 rings (SSSR count). The largest absolute Gasteiger partial charge is 0.392 e. The first-order valence-electron chi connectivity index (χ1n) is 7.22. The molecule has 0 saturated heterocycles. The highest BCUT2D eigenvalue weighted by atomic mass is 16.3. The van der Waals surface area contributed by atoms with Gasteiger partial charge in [-0.25, -0.2) is 5.26 Å². The van der Waals surface area contributed by atoms with Gasteiger partial charge in [-0.15, -0.1) is 0 Å². The third-order valence-corrected chi connectivity index (χ3v) is 2.72. The van der Waals surface area contributed by atoms with Crippen LogP contribution in [0, 0.1) is 11.2 Å². The van der Waals surface area contributed by atoms with E-state index in [1.165, 1.54) is 52.8 Å². The molecule has 0 bridgehead atoms. The average Bonchev–Trinajstić information content (AvgIpc) is 2.28. The molecular weight excluding hydrogens is 223 g/mol. The summed E-state index contributed by atoms with van der Waals surface area (Å²) in [5, 5.41) is 16.9. The molecule has 0 aromatic rings. The van der Waals surface area contributed by atoms with Gasteiger partial charge in [0.15, 0.2) is 0 Å². The van der Waals surface area contributed by atoms with Crippen LogP contribution in [0.1, 0.15) is 58.3 Å². The first-order chi connectivity index (χ1) is 8.58. The summed E-state index contributed by atoms with van der Waals surface area (Å²) in [4.78, 5) is 2.05. The van der Waals surface area contributed by atoms with Crippen molar-refractivity contribution < 1.29 is 5.11 Å². The molecule has 0 radical (unpaired) electrons. The zero-order chi connectivity index (χ0) is 14.2. The lowest BCUT2D eigenvalue weighted by molar-refractivity contribution is 0.125. The third-order valence-electron chi connectivity index (χ3n) is 2.72. The van der Waals surface area contributed by atoms with Gasteiger partial charge in [0.2, 0.25) is 7.85 Å². The first-order valence-corrected chi connectivity index (χ1v) is 7.22. The van der Waals surface area contributed by atoms with Crippen LogP contribution in [0.2, 0.25) is 0 Å². The van der Waals surface area contributed by atoms with E-state index in [2.05, 4.69) is 6.92 Å². The summed E-state index contributed by atoms with van der Waals surface area (Å²) in [5.41, 5.74) is 0. The summed E-state index contributed by atoms with van der Waals surface area (Å²) >= 11 is 0. The van der Waals surface area contributed by atoms with Crippen molar-refractivity contribution in [2.75, 3.05) is 20.6 Å². The molecule has 0 aromatic heterocycles. The predicted molar refractivity (Wildman–Crippen MR) is 81.3 cm³/mol. The molecule has 0 heterocycles. The van der Waals surface area contributed by atoms with Gasteiger partial charge in [-0.2, -0.15) is 0 Å². The highest BCUT2D eigenvalue weighted by Gasteiger charge is 2.04. The summed E-state index contributed by atoms with van der Waals surface area (Å²) in [6.07, 6.45) is 10.1. The smallest absolute Gasteiger partial charge is 0.232 e. The Balaban J connectivity index is 0. The lowest BCUT2D eigenvalue weighted by atomic mass is 10.1. The molecule has 3 nitrogen and oxygen atoms in total. The van der Waals surface area contributed by atoms with Gasteiger partial charge in [0.25, 0.3) is 0 Å². The van der Waals surface area contributed by atoms with Crippen LogP contribution in [0.3, 0.4) is 0 Å². The van der Waals surface area contributed by atoms with E-state index in [1.807, 2.05) is 19.0 Å². The molecule has 18 heavy (non-hydrogen) atoms. The zero-order valence-electron chi connectivity index (χ0n) is 12.8. The Morgan fingerprint density at radius 1 is 1.11 bits per heavy atom. The lowest BCUT2D eigenvalue weighted by Gasteiger charge is -2.15. The van der Waals surface area contributed by atoms with E-state index >= 15 is 0 Å². The molecule has 0 aliphatic carbocycles. The van der Waals surface area contributed by atoms with Crippen molar-refractivity contribution in [3.8, 4) is 5.97 Å². The molecule has 1 N–H and O–H groups in total. The van der Waals surface area contributed by atoms with Crippen molar-refractivity contribution in [2.45, 2.75) is 64.4 Å². The van der Waals surface area contributed by atoms with Crippen LogP contribution in [0.4, 0.5) is 0 Å². The van der Waals surface area contributed by atoms with Crippen LogP contribution in [-0.4, -0.2) is 44.6 Å². The Morgan fingerprint density at radius 2 is 1.56 bits per heavy atom. The molecule has 0 aromatic carbocycles. The second-order valence-corrected chi connectivity index (χ2v) is 5.05. The number of hydrogen-bond acceptors (Lipinski definition) is 3. The van der Waals surface area contributed by atoms with Gasteiger partial charge in [-0.05, 0) is 26.5 Å². The van der Waals surface area contributed by atoms with Gasteiger partial charge in [0.1, 0.15) is 0 Å². The number of rotatable bonds is 10. The number of unbranched alkanes of at least 4 members (excludes halogenated alkanes) is 6. The van der Waals surface area contributed by atoms with E-state index in [-0.39, 0.29) is 6.10 Å². The fraction of sp³-hybridized carbons (Fsp3) is 0.929. The zero-order valence-corrected chi connectivity index (χ0v) is 12.8. The van der Waals surface area contributed by atoms with Crippen molar-refractivity contribution in [2.24, 2.45) is 0 Å². The van der Waals surface area contributed by atoms with Crippen LogP contribution >= 0.6 is 0 Å². The minimum absolute atomic E-state index is 0.129. The van der Waals surface area contributed by atoms with E-state index in [0.717, 1.165) is 13.0 Å². The van der Waals surface area contributed by atoms with Gasteiger partial charge in [0, 0.05) is 6.54 Å². The highest BCUT2D eigenvalue weighted by Crippen LogP contribution is 2.09. The van der Waals surface area contributed by atoms with Gasteiger partial charge in [-0.1, -0.05) is 51.9 Å². The second-order valence-electron chi connectivity index (χ2n) is 5.05. The van der Waals surface area contributed by atoms with Crippen LogP contribution in [0.5, 0.6) is 0 Å². The van der Waals surface area contributed by atoms with Crippen molar-refractivity contribution in [3.05, 3.63) is 0 Å². The number of likely N-dealkylation sites (N-methyl/N-ethyl adjacent to an activating group) is 1. The van der Waals surface area contributed by atoms with Crippen molar-refractivity contribution in [1.29, 1.82) is 5.26 Å². The normalized spacial score (nSPS) is 11.6. The van der Waals surface area contributed by atoms with Crippen molar-refractivity contribution in [1.82, 2.24) is 4.90 Å². The predicted octanol–water partition coefficient (Wildman–Crippen LogP) is 2.15. The molecule has 1 unspecified atom stereocenters. The second kappa shape index (κ2) is 16.5. The Kier molecular flexibility index (Phi) is 18.1. The molecule has 0 fully saturated rings. The summed E-state index contributed by atoms with van der Waals surface area (Å²) in [6.45, 7) is 3.05. The molecule has 106 valence electrons. The highest BCUT2D eigenvalue weighted by molar-refractivity contribution is 6.20. The van der Waals surface area contributed by atoms with E-state index in [0.29, 0.717) is 0 Å². The first kappa shape index (κ1) is 19.8. The maximum atomic E-state index is 9.62. The molecule has 0 aliphatic rings. The Labute approximate surface area is 115 Å². The fourth-order valence-corrected chi connectivity index (χ4v) is 1.85. The Hall–Kier alpha value is -0.525. The van der Waals surface area contributed by atoms with Crippen LogP contribution < -0.4 is 0 Å². The molecule has 0 aliphatic heterocycles. The monoisotopic (exact) mass is 254 g/mol. The SMILES string of the molecule is BC#N.CCCCCCCCCC(O)CN(C)C. The Morgan fingerprint density at radius 3 is 2.00 bits per heavy atom. The van der Waals surface area contributed by atoms with Gasteiger partial charge < -0.3 is 10.0 Å². The molecule has 4 heteroatoms. The number of aliphatic hydroxyl groups is 1. The van der Waals surface area contributed by atoms with Crippen LogP contribution in [0.25, 0.3) is 0 Å². The number of nitrogens with zero attached hydrogens (tertiary/aromatic N) is 2. The minimum atomic E-state index is -0.129. The fourth-order valence-electron chi connectivity index (χ4n) is 1.85. The topological polar surface area (TPSA) is 47.3 Å². The average molecular weight is 254 g/mol. The van der Waals surface area contributed by atoms with E-state index in [1.54, 1.807) is 5.97 Å². The summed E-state index contributed by atoms with van der Waals surface area (Å²) in [5.74, 6) is 1.75. The quantitative estimate of drug-likeness (QED) is 0.480. The minimum Gasteiger partial charge on any atom is -0.392 e. The van der Waals surface area contributed by atoms with E-state index in [9.17, 15) is 5.11 Å². The van der Waals surface area contributed by atoms with Gasteiger partial charge in [0.05, 0.1) is 6.10 Å². The molecule has 0 saturated carbocycles. The van der Waals surface area contributed by atoms with Crippen molar-refractivity contribution in [3.63, 3.8) is 0 Å². The summed E-state index contributed by atoms with van der Waals surface area (Å²) in [7, 11) is 5.45. The van der Waals surface area contributed by atoms with Gasteiger partial charge in [-0.3, -0.25) is 0 Å². The third kappa shape index (κ3) is 20.8. The van der Waals surface area contributed by atoms with Crippen molar-refractivity contribution >= 4 is 7.85 Å². The van der Waals surface area contributed by atoms with Crippen LogP contribution in [-0.2, 0) is 0 Å². The maximum absolute atomic E-state index is 9.62. The van der Waals surface area contributed by atoms with Crippen LogP contribution in [0.15, 0.2) is 0 Å². The van der Waals surface area contributed by atoms with E-state index < -0.39 is 0 Å². The summed E-state index contributed by atoms with van der Waals surface area (Å²) < 4.78 is 0. The Bertz CT molecular complexity index is 193. The van der Waals surface area contributed by atoms with E-state index in [4.69, 9.17) is 5.26 Å². The maximum Gasteiger partial charge on any atom is 0.232 e. The lowest BCUT2D eigenvalue weighted by Crippen LogP contribution is -2.25. The standard InChI is InChI=1S/C13H29NO.CH2BN/c1-4-5-6-7-8-9-10-11-13(15)12-14(2)3;2-1-3/h13,15H,4-12H2,1-3H3;2H2. The molecule has 1 atom stereocenters. The molecular formula is C14H31BN2O. The summed E-state index contributed by atoms with van der Waals surface area (Å²) in [6, 6.07) is 0. The molecule has 0 spiro atoms. The van der Waals surface area contributed by atoms with Gasteiger partial charge >= 0.3 is 0 Å². The number of aliphatic hydroxyl groups excluding tert-OH is 1. The number of nitriles is 1.